The summed E-state index contributed by atoms with van der Waals surface area (Å²) in [5.41, 5.74) is 4.88. The summed E-state index contributed by atoms with van der Waals surface area (Å²) in [5.74, 6) is 1.19. The van der Waals surface area contributed by atoms with E-state index in [0.717, 1.165) is 28.1 Å². The minimum Gasteiger partial charge on any atom is -0.493 e. The smallest absolute Gasteiger partial charge is 0.243 e. The van der Waals surface area contributed by atoms with Crippen molar-refractivity contribution in [3.8, 4) is 11.5 Å². The Hall–Kier alpha value is -2.69. The summed E-state index contributed by atoms with van der Waals surface area (Å²) in [6, 6.07) is 9.57. The van der Waals surface area contributed by atoms with Crippen LogP contribution in [0.1, 0.15) is 16.7 Å². The third kappa shape index (κ3) is 3.98. The van der Waals surface area contributed by atoms with Gasteiger partial charge in [0.15, 0.2) is 11.5 Å². The first-order chi connectivity index (χ1) is 11.5. The lowest BCUT2D eigenvalue weighted by atomic mass is 10.1. The van der Waals surface area contributed by atoms with E-state index in [1.54, 1.807) is 14.2 Å². The summed E-state index contributed by atoms with van der Waals surface area (Å²) in [7, 11) is 3.19. The van der Waals surface area contributed by atoms with Gasteiger partial charge in [0.1, 0.15) is 0 Å². The molecule has 0 saturated carbocycles. The van der Waals surface area contributed by atoms with E-state index in [1.165, 1.54) is 0 Å². The Morgan fingerprint density at radius 1 is 0.958 bits per heavy atom. The lowest BCUT2D eigenvalue weighted by Gasteiger charge is -2.15. The highest BCUT2D eigenvalue weighted by Crippen LogP contribution is 2.32. The van der Waals surface area contributed by atoms with Crippen molar-refractivity contribution < 1.29 is 14.3 Å². The van der Waals surface area contributed by atoms with E-state index in [0.29, 0.717) is 11.5 Å². The fraction of sp³-hybridized carbons (Fsp3) is 0.316. The number of benzene rings is 2. The molecule has 0 aliphatic carbocycles. The largest absolute Gasteiger partial charge is 0.493 e. The van der Waals surface area contributed by atoms with Gasteiger partial charge in [0.05, 0.1) is 20.8 Å². The van der Waals surface area contributed by atoms with Crippen molar-refractivity contribution in [1.29, 1.82) is 0 Å². The van der Waals surface area contributed by atoms with Gasteiger partial charge in [-0.3, -0.25) is 4.79 Å². The van der Waals surface area contributed by atoms with Gasteiger partial charge in [0, 0.05) is 17.4 Å². The van der Waals surface area contributed by atoms with Gasteiger partial charge in [-0.2, -0.15) is 0 Å². The van der Waals surface area contributed by atoms with E-state index in [2.05, 4.69) is 10.6 Å². The van der Waals surface area contributed by atoms with Gasteiger partial charge < -0.3 is 20.1 Å². The molecule has 24 heavy (non-hydrogen) atoms. The van der Waals surface area contributed by atoms with Crippen LogP contribution in [0.25, 0.3) is 0 Å². The fourth-order valence-corrected chi connectivity index (χ4v) is 2.43. The summed E-state index contributed by atoms with van der Waals surface area (Å²) in [4.78, 5) is 12.2. The molecule has 0 bridgehead atoms. The molecule has 2 rings (SSSR count). The Balaban J connectivity index is 2.05. The minimum atomic E-state index is -0.0992. The number of methoxy groups -OCH3 is 2. The maximum Gasteiger partial charge on any atom is 0.243 e. The number of amides is 1. The number of rotatable bonds is 6. The van der Waals surface area contributed by atoms with Crippen molar-refractivity contribution in [2.24, 2.45) is 0 Å². The number of carbonyl (C=O) groups is 1. The van der Waals surface area contributed by atoms with E-state index in [4.69, 9.17) is 9.47 Å². The molecular formula is C19H24N2O3. The van der Waals surface area contributed by atoms with Crippen LogP contribution < -0.4 is 20.1 Å². The third-order valence-corrected chi connectivity index (χ3v) is 4.05. The molecule has 0 saturated heterocycles. The molecule has 2 aromatic carbocycles. The molecule has 0 aliphatic heterocycles. The first-order valence-corrected chi connectivity index (χ1v) is 7.78. The van der Waals surface area contributed by atoms with Crippen LogP contribution in [0.2, 0.25) is 0 Å². The van der Waals surface area contributed by atoms with Gasteiger partial charge in [-0.15, -0.1) is 0 Å². The van der Waals surface area contributed by atoms with Crippen molar-refractivity contribution in [1.82, 2.24) is 0 Å². The molecule has 2 N–H and O–H groups in total. The molecule has 0 spiro atoms. The Kier molecular flexibility index (Phi) is 5.68. The quantitative estimate of drug-likeness (QED) is 0.849. The summed E-state index contributed by atoms with van der Waals surface area (Å²) in [6.07, 6.45) is 0. The normalized spacial score (nSPS) is 10.2. The van der Waals surface area contributed by atoms with Crippen molar-refractivity contribution in [3.63, 3.8) is 0 Å². The Bertz CT molecular complexity index is 742. The number of hydrogen-bond acceptors (Lipinski definition) is 4. The summed E-state index contributed by atoms with van der Waals surface area (Å²) < 4.78 is 10.6. The molecule has 5 nitrogen and oxygen atoms in total. The van der Waals surface area contributed by atoms with E-state index in [9.17, 15) is 4.79 Å². The first kappa shape index (κ1) is 17.7. The Labute approximate surface area is 143 Å². The molecule has 5 heteroatoms. The van der Waals surface area contributed by atoms with Crippen LogP contribution in [-0.2, 0) is 4.79 Å². The van der Waals surface area contributed by atoms with E-state index >= 15 is 0 Å². The SMILES string of the molecule is COc1cc(C)c(NCC(=O)Nc2cccc(C)c2C)cc1OC. The molecule has 1 amide bonds. The zero-order chi connectivity index (χ0) is 17.7. The van der Waals surface area contributed by atoms with Crippen LogP contribution in [0, 0.1) is 20.8 Å². The number of carbonyl (C=O) groups excluding carboxylic acids is 1. The van der Waals surface area contributed by atoms with Crippen LogP contribution in [0.5, 0.6) is 11.5 Å². The molecule has 0 aromatic heterocycles. The van der Waals surface area contributed by atoms with Crippen LogP contribution in [0.3, 0.4) is 0 Å². The van der Waals surface area contributed by atoms with Crippen molar-refractivity contribution in [2.45, 2.75) is 20.8 Å². The molecular weight excluding hydrogens is 304 g/mol. The highest BCUT2D eigenvalue weighted by molar-refractivity contribution is 5.94. The fourth-order valence-electron chi connectivity index (χ4n) is 2.43. The van der Waals surface area contributed by atoms with Gasteiger partial charge in [-0.1, -0.05) is 12.1 Å². The maximum absolute atomic E-state index is 12.2. The molecule has 0 unspecified atom stereocenters. The molecule has 2 aromatic rings. The number of ether oxygens (including phenoxy) is 2. The second-order valence-corrected chi connectivity index (χ2v) is 5.67. The number of hydrogen-bond donors (Lipinski definition) is 2. The first-order valence-electron chi connectivity index (χ1n) is 7.78. The van der Waals surface area contributed by atoms with E-state index in [1.807, 2.05) is 51.1 Å². The lowest BCUT2D eigenvalue weighted by Crippen LogP contribution is -2.22. The van der Waals surface area contributed by atoms with Crippen LogP contribution in [0.4, 0.5) is 11.4 Å². The molecule has 0 radical (unpaired) electrons. The summed E-state index contributed by atoms with van der Waals surface area (Å²) in [6.45, 7) is 6.14. The van der Waals surface area contributed by atoms with Gasteiger partial charge in [0.2, 0.25) is 5.91 Å². The standard InChI is InChI=1S/C19H24N2O3/c1-12-7-6-8-15(14(12)3)21-19(22)11-20-16-10-18(24-5)17(23-4)9-13(16)2/h6-10,20H,11H2,1-5H3,(H,21,22). The number of nitrogens with one attached hydrogen (secondary N) is 2. The highest BCUT2D eigenvalue weighted by Gasteiger charge is 2.10. The average molecular weight is 328 g/mol. The monoisotopic (exact) mass is 328 g/mol. The van der Waals surface area contributed by atoms with Gasteiger partial charge >= 0.3 is 0 Å². The van der Waals surface area contributed by atoms with Crippen LogP contribution >= 0.6 is 0 Å². The van der Waals surface area contributed by atoms with Crippen molar-refractivity contribution in [2.75, 3.05) is 31.4 Å². The van der Waals surface area contributed by atoms with Gasteiger partial charge in [0.25, 0.3) is 0 Å². The van der Waals surface area contributed by atoms with E-state index in [-0.39, 0.29) is 12.5 Å². The molecule has 128 valence electrons. The predicted molar refractivity (Wildman–Crippen MR) is 97.3 cm³/mol. The Morgan fingerprint density at radius 2 is 1.62 bits per heavy atom. The van der Waals surface area contributed by atoms with Crippen LogP contribution in [0.15, 0.2) is 30.3 Å². The average Bonchev–Trinajstić information content (AvgIpc) is 2.57. The predicted octanol–water partition coefficient (Wildman–Crippen LogP) is 3.68. The second-order valence-electron chi connectivity index (χ2n) is 5.67. The van der Waals surface area contributed by atoms with Crippen molar-refractivity contribution >= 4 is 17.3 Å². The van der Waals surface area contributed by atoms with Crippen LogP contribution in [-0.4, -0.2) is 26.7 Å². The topological polar surface area (TPSA) is 59.6 Å². The summed E-state index contributed by atoms with van der Waals surface area (Å²) in [5, 5.41) is 6.08. The maximum atomic E-state index is 12.2. The van der Waals surface area contributed by atoms with Crippen molar-refractivity contribution in [3.05, 3.63) is 47.0 Å². The summed E-state index contributed by atoms with van der Waals surface area (Å²) >= 11 is 0. The molecule has 0 aliphatic rings. The zero-order valence-electron chi connectivity index (χ0n) is 14.8. The molecule has 0 atom stereocenters. The Morgan fingerprint density at radius 3 is 2.29 bits per heavy atom. The number of aryl methyl sites for hydroxylation is 2. The third-order valence-electron chi connectivity index (χ3n) is 4.05. The molecule has 0 fully saturated rings. The van der Waals surface area contributed by atoms with Gasteiger partial charge in [-0.25, -0.2) is 0 Å². The lowest BCUT2D eigenvalue weighted by molar-refractivity contribution is -0.114. The second kappa shape index (κ2) is 7.73. The molecule has 0 heterocycles. The number of anilines is 2. The zero-order valence-corrected chi connectivity index (χ0v) is 14.8. The van der Waals surface area contributed by atoms with E-state index < -0.39 is 0 Å². The highest BCUT2D eigenvalue weighted by atomic mass is 16.5. The minimum absolute atomic E-state index is 0.0992. The van der Waals surface area contributed by atoms with Gasteiger partial charge in [-0.05, 0) is 49.6 Å².